The van der Waals surface area contributed by atoms with Crippen LogP contribution in [0.3, 0.4) is 0 Å². The van der Waals surface area contributed by atoms with Crippen molar-refractivity contribution in [2.45, 2.75) is 52.6 Å². The fourth-order valence-corrected chi connectivity index (χ4v) is 1.77. The van der Waals surface area contributed by atoms with Crippen molar-refractivity contribution in [1.29, 1.82) is 5.41 Å². The fraction of sp³-hybridized carbons (Fsp3) is 0.533. The van der Waals surface area contributed by atoms with Crippen LogP contribution in [0.1, 0.15) is 45.2 Å². The largest absolute Gasteiger partial charge is 0.482 e. The molecule has 0 radical (unpaired) electrons. The van der Waals surface area contributed by atoms with Gasteiger partial charge >= 0.3 is 0 Å². The Labute approximate surface area is 110 Å². The van der Waals surface area contributed by atoms with Gasteiger partial charge in [-0.2, -0.15) is 0 Å². The molecule has 1 atom stereocenters. The second-order valence-corrected chi connectivity index (χ2v) is 5.70. The van der Waals surface area contributed by atoms with Gasteiger partial charge in [-0.25, -0.2) is 0 Å². The Hall–Kier alpha value is -1.51. The third-order valence-electron chi connectivity index (χ3n) is 3.03. The highest BCUT2D eigenvalue weighted by Crippen LogP contribution is 2.28. The molecule has 1 aromatic carbocycles. The van der Waals surface area contributed by atoms with Crippen molar-refractivity contribution >= 4 is 5.84 Å². The Morgan fingerprint density at radius 2 is 2.00 bits per heavy atom. The number of amidine groups is 1. The van der Waals surface area contributed by atoms with Crippen LogP contribution in [0, 0.1) is 12.3 Å². The summed E-state index contributed by atoms with van der Waals surface area (Å²) in [4.78, 5) is 0. The van der Waals surface area contributed by atoms with Crippen LogP contribution < -0.4 is 10.5 Å². The van der Waals surface area contributed by atoms with E-state index in [9.17, 15) is 0 Å². The van der Waals surface area contributed by atoms with Gasteiger partial charge in [-0.15, -0.1) is 0 Å². The smallest absolute Gasteiger partial charge is 0.155 e. The zero-order chi connectivity index (χ0) is 13.9. The number of aryl methyl sites for hydroxylation is 1. The van der Waals surface area contributed by atoms with Gasteiger partial charge in [0, 0.05) is 0 Å². The number of hydrogen-bond acceptors (Lipinski definition) is 2. The number of ether oxygens (including phenoxy) is 1. The van der Waals surface area contributed by atoms with Crippen molar-refractivity contribution in [3.63, 3.8) is 0 Å². The lowest BCUT2D eigenvalue weighted by Gasteiger charge is -2.22. The summed E-state index contributed by atoms with van der Waals surface area (Å²) in [7, 11) is 0. The Bertz CT molecular complexity index is 433. The molecule has 1 unspecified atom stereocenters. The summed E-state index contributed by atoms with van der Waals surface area (Å²) < 4.78 is 5.77. The van der Waals surface area contributed by atoms with E-state index in [1.54, 1.807) is 0 Å². The van der Waals surface area contributed by atoms with Gasteiger partial charge in [0.25, 0.3) is 0 Å². The van der Waals surface area contributed by atoms with Crippen LogP contribution in [0.5, 0.6) is 5.75 Å². The molecule has 18 heavy (non-hydrogen) atoms. The number of hydrogen-bond donors (Lipinski definition) is 2. The number of nitrogens with two attached hydrogens (primary N) is 1. The van der Waals surface area contributed by atoms with Crippen molar-refractivity contribution in [2.75, 3.05) is 0 Å². The third-order valence-corrected chi connectivity index (χ3v) is 3.03. The lowest BCUT2D eigenvalue weighted by Crippen LogP contribution is -2.32. The highest BCUT2D eigenvalue weighted by Gasteiger charge is 2.17. The first-order valence-electron chi connectivity index (χ1n) is 6.37. The molecule has 3 N–H and O–H groups in total. The second-order valence-electron chi connectivity index (χ2n) is 5.70. The molecule has 0 aliphatic carbocycles. The molecule has 0 saturated heterocycles. The molecule has 100 valence electrons. The Morgan fingerprint density at radius 3 is 2.39 bits per heavy atom. The highest BCUT2D eigenvalue weighted by molar-refractivity contribution is 5.82. The van der Waals surface area contributed by atoms with E-state index in [-0.39, 0.29) is 17.4 Å². The normalized spacial score (nSPS) is 13.2. The second kappa shape index (κ2) is 5.42. The molecule has 0 amide bonds. The van der Waals surface area contributed by atoms with Crippen LogP contribution in [-0.4, -0.2) is 11.9 Å². The van der Waals surface area contributed by atoms with Gasteiger partial charge < -0.3 is 10.5 Å². The molecule has 3 nitrogen and oxygen atoms in total. The Morgan fingerprint density at radius 1 is 1.39 bits per heavy atom. The van der Waals surface area contributed by atoms with E-state index in [1.165, 1.54) is 5.56 Å². The number of benzene rings is 1. The lowest BCUT2D eigenvalue weighted by atomic mass is 9.86. The molecular formula is C15H24N2O. The lowest BCUT2D eigenvalue weighted by molar-refractivity contribution is 0.258. The van der Waals surface area contributed by atoms with Crippen LogP contribution >= 0.6 is 0 Å². The molecule has 0 aromatic heterocycles. The van der Waals surface area contributed by atoms with Crippen LogP contribution in [0.15, 0.2) is 18.2 Å². The molecule has 0 heterocycles. The summed E-state index contributed by atoms with van der Waals surface area (Å²) in [5.74, 6) is 0.891. The van der Waals surface area contributed by atoms with Crippen molar-refractivity contribution < 1.29 is 4.74 Å². The monoisotopic (exact) mass is 248 g/mol. The predicted molar refractivity (Wildman–Crippen MR) is 76.5 cm³/mol. The molecule has 1 rings (SSSR count). The van der Waals surface area contributed by atoms with Crippen LogP contribution in [0.25, 0.3) is 0 Å². The molecule has 3 heteroatoms. The van der Waals surface area contributed by atoms with E-state index in [0.29, 0.717) is 6.42 Å². The van der Waals surface area contributed by atoms with Gasteiger partial charge in [0.1, 0.15) is 11.6 Å². The quantitative estimate of drug-likeness (QED) is 0.634. The minimum atomic E-state index is -0.329. The van der Waals surface area contributed by atoms with Gasteiger partial charge in [0.05, 0.1) is 0 Å². The van der Waals surface area contributed by atoms with Crippen molar-refractivity contribution in [1.82, 2.24) is 0 Å². The van der Waals surface area contributed by atoms with E-state index in [0.717, 1.165) is 11.3 Å². The first-order valence-corrected chi connectivity index (χ1v) is 6.37. The van der Waals surface area contributed by atoms with E-state index in [2.05, 4.69) is 32.9 Å². The summed E-state index contributed by atoms with van der Waals surface area (Å²) in [5.41, 5.74) is 8.00. The predicted octanol–water partition coefficient (Wildman–Crippen LogP) is 3.39. The summed E-state index contributed by atoms with van der Waals surface area (Å²) in [6, 6.07) is 6.19. The minimum Gasteiger partial charge on any atom is -0.482 e. The van der Waals surface area contributed by atoms with Crippen LogP contribution in [0.2, 0.25) is 0 Å². The first-order chi connectivity index (χ1) is 8.25. The summed E-state index contributed by atoms with van der Waals surface area (Å²) in [6.07, 6.45) is 0.375. The number of rotatable bonds is 4. The van der Waals surface area contributed by atoms with E-state index >= 15 is 0 Å². The zero-order valence-corrected chi connectivity index (χ0v) is 12.0. The third kappa shape index (κ3) is 3.49. The summed E-state index contributed by atoms with van der Waals surface area (Å²) >= 11 is 0. The van der Waals surface area contributed by atoms with Gasteiger partial charge in [-0.1, -0.05) is 39.8 Å². The molecule has 0 aliphatic rings. The van der Waals surface area contributed by atoms with Gasteiger partial charge in [-0.3, -0.25) is 5.41 Å². The topological polar surface area (TPSA) is 59.1 Å². The van der Waals surface area contributed by atoms with E-state index in [1.807, 2.05) is 19.9 Å². The molecule has 0 saturated carbocycles. The van der Waals surface area contributed by atoms with Crippen molar-refractivity contribution in [3.05, 3.63) is 29.3 Å². The SMILES string of the molecule is CCC(Oc1ccc(C(C)(C)C)cc1C)C(=N)N. The van der Waals surface area contributed by atoms with Gasteiger partial charge in [-0.05, 0) is 36.0 Å². The first kappa shape index (κ1) is 14.6. The van der Waals surface area contributed by atoms with Crippen molar-refractivity contribution in [3.8, 4) is 5.75 Å². The maximum Gasteiger partial charge on any atom is 0.155 e. The zero-order valence-electron chi connectivity index (χ0n) is 12.0. The molecular weight excluding hydrogens is 224 g/mol. The molecule has 0 aliphatic heterocycles. The molecule has 0 spiro atoms. The maximum absolute atomic E-state index is 7.47. The minimum absolute atomic E-state index is 0.0804. The number of nitrogens with one attached hydrogen (secondary N) is 1. The molecule has 0 fully saturated rings. The average Bonchev–Trinajstić information content (AvgIpc) is 2.25. The van der Waals surface area contributed by atoms with E-state index in [4.69, 9.17) is 15.9 Å². The Kier molecular flexibility index (Phi) is 4.38. The van der Waals surface area contributed by atoms with Crippen LogP contribution in [0.4, 0.5) is 0 Å². The van der Waals surface area contributed by atoms with E-state index < -0.39 is 0 Å². The standard InChI is InChI=1S/C15H24N2O/c1-6-12(14(16)17)18-13-8-7-11(9-10(13)2)15(3,4)5/h7-9,12H,6H2,1-5H3,(H3,16,17). The average molecular weight is 248 g/mol. The van der Waals surface area contributed by atoms with Gasteiger partial charge in [0.2, 0.25) is 0 Å². The summed E-state index contributed by atoms with van der Waals surface area (Å²) in [5, 5.41) is 7.47. The van der Waals surface area contributed by atoms with Crippen LogP contribution in [-0.2, 0) is 5.41 Å². The Balaban J connectivity index is 2.96. The molecule has 0 bridgehead atoms. The van der Waals surface area contributed by atoms with Gasteiger partial charge in [0.15, 0.2) is 6.10 Å². The highest BCUT2D eigenvalue weighted by atomic mass is 16.5. The fourth-order valence-electron chi connectivity index (χ4n) is 1.77. The summed E-state index contributed by atoms with van der Waals surface area (Å²) in [6.45, 7) is 10.6. The maximum atomic E-state index is 7.47. The van der Waals surface area contributed by atoms with Crippen molar-refractivity contribution in [2.24, 2.45) is 5.73 Å². The molecule has 1 aromatic rings.